The molecule has 0 aromatic heterocycles. The predicted molar refractivity (Wildman–Crippen MR) is 70.0 cm³/mol. The third kappa shape index (κ3) is 3.06. The quantitative estimate of drug-likeness (QED) is 0.606. The van der Waals surface area contributed by atoms with Crippen LogP contribution in [0.5, 0.6) is 0 Å². The molecule has 0 bridgehead atoms. The topological polar surface area (TPSA) is 38.0 Å². The fourth-order valence-electron chi connectivity index (χ4n) is 1.86. The average molecular weight is 220 g/mol. The summed E-state index contributed by atoms with van der Waals surface area (Å²) < 4.78 is 0. The van der Waals surface area contributed by atoms with Crippen LogP contribution >= 0.6 is 0 Å². The van der Waals surface area contributed by atoms with Crippen LogP contribution in [0.15, 0.2) is 24.3 Å². The Bertz CT molecular complexity index is 320. The number of hydrazine groups is 1. The smallest absolute Gasteiger partial charge is 0.0482 e. The Hall–Kier alpha value is -0.860. The van der Waals surface area contributed by atoms with Crippen molar-refractivity contribution in [3.05, 3.63) is 35.4 Å². The van der Waals surface area contributed by atoms with Crippen LogP contribution in [-0.2, 0) is 5.41 Å². The van der Waals surface area contributed by atoms with E-state index in [1.54, 1.807) is 0 Å². The highest BCUT2D eigenvalue weighted by molar-refractivity contribution is 5.29. The molecule has 0 fully saturated rings. The molecule has 0 aliphatic rings. The van der Waals surface area contributed by atoms with Crippen molar-refractivity contribution in [1.29, 1.82) is 0 Å². The van der Waals surface area contributed by atoms with E-state index in [0.717, 1.165) is 0 Å². The summed E-state index contributed by atoms with van der Waals surface area (Å²) in [5.74, 6) is 6.07. The molecule has 2 nitrogen and oxygen atoms in total. The average Bonchev–Trinajstić information content (AvgIpc) is 2.17. The van der Waals surface area contributed by atoms with Gasteiger partial charge in [0.1, 0.15) is 0 Å². The number of rotatable bonds is 3. The zero-order chi connectivity index (χ0) is 12.3. The lowest BCUT2D eigenvalue weighted by atomic mass is 9.85. The molecule has 2 heteroatoms. The molecule has 1 aromatic rings. The van der Waals surface area contributed by atoms with Crippen LogP contribution in [0.1, 0.15) is 51.8 Å². The molecule has 1 unspecified atom stereocenters. The van der Waals surface area contributed by atoms with E-state index in [0.29, 0.717) is 5.92 Å². The van der Waals surface area contributed by atoms with Gasteiger partial charge in [-0.25, -0.2) is 0 Å². The van der Waals surface area contributed by atoms with Crippen LogP contribution in [0.2, 0.25) is 0 Å². The molecular weight excluding hydrogens is 196 g/mol. The first-order chi connectivity index (χ1) is 7.36. The third-order valence-electron chi connectivity index (χ3n) is 2.98. The predicted octanol–water partition coefficient (Wildman–Crippen LogP) is 3.14. The molecule has 0 saturated heterocycles. The summed E-state index contributed by atoms with van der Waals surface area (Å²) in [6.07, 6.45) is 0. The third-order valence-corrected chi connectivity index (χ3v) is 2.98. The first kappa shape index (κ1) is 13.2. The van der Waals surface area contributed by atoms with Gasteiger partial charge in [0.25, 0.3) is 0 Å². The van der Waals surface area contributed by atoms with E-state index in [1.165, 1.54) is 11.1 Å². The molecule has 0 heterocycles. The van der Waals surface area contributed by atoms with Crippen molar-refractivity contribution in [2.24, 2.45) is 11.8 Å². The minimum absolute atomic E-state index is 0.210. The summed E-state index contributed by atoms with van der Waals surface area (Å²) >= 11 is 0. The summed E-state index contributed by atoms with van der Waals surface area (Å²) in [6, 6.07) is 8.97. The maximum absolute atomic E-state index is 5.58. The molecule has 0 amide bonds. The van der Waals surface area contributed by atoms with Crippen molar-refractivity contribution in [2.75, 3.05) is 0 Å². The Labute approximate surface area is 99.2 Å². The second kappa shape index (κ2) is 4.98. The van der Waals surface area contributed by atoms with Crippen molar-refractivity contribution in [1.82, 2.24) is 5.43 Å². The first-order valence-electron chi connectivity index (χ1n) is 5.93. The Morgan fingerprint density at radius 2 is 1.56 bits per heavy atom. The Balaban J connectivity index is 2.94. The second-order valence-electron chi connectivity index (χ2n) is 5.76. The van der Waals surface area contributed by atoms with Gasteiger partial charge in [0.05, 0.1) is 0 Å². The summed E-state index contributed by atoms with van der Waals surface area (Å²) in [4.78, 5) is 0. The molecule has 1 atom stereocenters. The minimum atomic E-state index is 0.210. The standard InChI is InChI=1S/C14H24N2/c1-10(2)13(16-15)11-6-8-12(9-7-11)14(3,4)5/h6-10,13,16H,15H2,1-5H3. The Kier molecular flexibility index (Phi) is 4.11. The van der Waals surface area contributed by atoms with Crippen molar-refractivity contribution in [3.63, 3.8) is 0 Å². The van der Waals surface area contributed by atoms with Gasteiger partial charge >= 0.3 is 0 Å². The minimum Gasteiger partial charge on any atom is -0.271 e. The van der Waals surface area contributed by atoms with Gasteiger partial charge in [-0.05, 0) is 22.5 Å². The van der Waals surface area contributed by atoms with Gasteiger partial charge in [0.2, 0.25) is 0 Å². The normalized spacial score (nSPS) is 14.2. The maximum Gasteiger partial charge on any atom is 0.0482 e. The number of hydrogen-bond acceptors (Lipinski definition) is 2. The summed E-state index contributed by atoms with van der Waals surface area (Å²) in [5, 5.41) is 0. The van der Waals surface area contributed by atoms with Gasteiger partial charge in [-0.2, -0.15) is 0 Å². The second-order valence-corrected chi connectivity index (χ2v) is 5.76. The SMILES string of the molecule is CC(C)C(NN)c1ccc(C(C)(C)C)cc1. The molecule has 16 heavy (non-hydrogen) atoms. The summed E-state index contributed by atoms with van der Waals surface area (Å²) in [6.45, 7) is 11.0. The number of nitrogens with one attached hydrogen (secondary N) is 1. The van der Waals surface area contributed by atoms with Crippen LogP contribution in [-0.4, -0.2) is 0 Å². The van der Waals surface area contributed by atoms with E-state index in [9.17, 15) is 0 Å². The van der Waals surface area contributed by atoms with Crippen molar-refractivity contribution >= 4 is 0 Å². The largest absolute Gasteiger partial charge is 0.271 e. The maximum atomic E-state index is 5.58. The van der Waals surface area contributed by atoms with Gasteiger partial charge in [0, 0.05) is 6.04 Å². The van der Waals surface area contributed by atoms with Crippen LogP contribution < -0.4 is 11.3 Å². The van der Waals surface area contributed by atoms with Gasteiger partial charge in [-0.15, -0.1) is 0 Å². The van der Waals surface area contributed by atoms with E-state index in [4.69, 9.17) is 5.84 Å². The van der Waals surface area contributed by atoms with E-state index < -0.39 is 0 Å². The summed E-state index contributed by atoms with van der Waals surface area (Å²) in [5.41, 5.74) is 5.70. The molecular formula is C14H24N2. The van der Waals surface area contributed by atoms with Crippen LogP contribution in [0.25, 0.3) is 0 Å². The monoisotopic (exact) mass is 220 g/mol. The zero-order valence-corrected chi connectivity index (χ0v) is 11.0. The lowest BCUT2D eigenvalue weighted by molar-refractivity contribution is 0.421. The fraction of sp³-hybridized carbons (Fsp3) is 0.571. The fourth-order valence-corrected chi connectivity index (χ4v) is 1.86. The molecule has 0 spiro atoms. The number of nitrogens with two attached hydrogens (primary N) is 1. The van der Waals surface area contributed by atoms with Gasteiger partial charge in [-0.1, -0.05) is 58.9 Å². The zero-order valence-electron chi connectivity index (χ0n) is 11.0. The molecule has 1 rings (SSSR count). The van der Waals surface area contributed by atoms with Crippen molar-refractivity contribution in [3.8, 4) is 0 Å². The molecule has 0 aliphatic heterocycles. The highest BCUT2D eigenvalue weighted by Crippen LogP contribution is 2.26. The molecule has 90 valence electrons. The lowest BCUT2D eigenvalue weighted by Crippen LogP contribution is -2.31. The molecule has 1 aromatic carbocycles. The van der Waals surface area contributed by atoms with Crippen LogP contribution in [0.4, 0.5) is 0 Å². The van der Waals surface area contributed by atoms with Crippen molar-refractivity contribution in [2.45, 2.75) is 46.1 Å². The first-order valence-corrected chi connectivity index (χ1v) is 5.93. The number of hydrogen-bond donors (Lipinski definition) is 2. The van der Waals surface area contributed by atoms with E-state index in [2.05, 4.69) is 64.3 Å². The van der Waals surface area contributed by atoms with Crippen LogP contribution in [0, 0.1) is 5.92 Å². The molecule has 0 aliphatic carbocycles. The number of benzene rings is 1. The van der Waals surface area contributed by atoms with E-state index in [1.807, 2.05) is 0 Å². The van der Waals surface area contributed by atoms with Crippen LogP contribution in [0.3, 0.4) is 0 Å². The van der Waals surface area contributed by atoms with Gasteiger partial charge in [-0.3, -0.25) is 11.3 Å². The Morgan fingerprint density at radius 1 is 1.06 bits per heavy atom. The van der Waals surface area contributed by atoms with E-state index in [-0.39, 0.29) is 11.5 Å². The lowest BCUT2D eigenvalue weighted by Gasteiger charge is -2.23. The summed E-state index contributed by atoms with van der Waals surface area (Å²) in [7, 11) is 0. The Morgan fingerprint density at radius 3 is 1.88 bits per heavy atom. The van der Waals surface area contributed by atoms with Crippen molar-refractivity contribution < 1.29 is 0 Å². The van der Waals surface area contributed by atoms with Gasteiger partial charge < -0.3 is 0 Å². The molecule has 0 radical (unpaired) electrons. The molecule has 3 N–H and O–H groups in total. The molecule has 0 saturated carbocycles. The van der Waals surface area contributed by atoms with E-state index >= 15 is 0 Å². The van der Waals surface area contributed by atoms with Gasteiger partial charge in [0.15, 0.2) is 0 Å². The highest BCUT2D eigenvalue weighted by atomic mass is 15.2. The highest BCUT2D eigenvalue weighted by Gasteiger charge is 2.16.